The van der Waals surface area contributed by atoms with E-state index in [1.54, 1.807) is 6.92 Å². The lowest BCUT2D eigenvalue weighted by atomic mass is 9.92. The standard InChI is InChI=1S/C21H18ClF3N6O4S/c1-8-28-20(31(29-8)21-26-5-14(22)36-21)19-18(34)16(17(33)13(7-32)35-19)30-6-10(4-27-30)9-2-11(23)15(25)12(24)3-9/h2-6,13,16-19,32-34H,7H2,1H3/t13?,16-,17-,18?,19+/m0/s1. The van der Waals surface area contributed by atoms with Crippen molar-refractivity contribution in [3.05, 3.63) is 64.2 Å². The molecule has 1 fully saturated rings. The largest absolute Gasteiger partial charge is 0.394 e. The Labute approximate surface area is 210 Å². The van der Waals surface area contributed by atoms with E-state index in [4.69, 9.17) is 16.3 Å². The van der Waals surface area contributed by atoms with E-state index in [0.29, 0.717) is 15.3 Å². The highest BCUT2D eigenvalue weighted by Crippen LogP contribution is 2.39. The van der Waals surface area contributed by atoms with Crippen molar-refractivity contribution in [3.8, 4) is 16.3 Å². The molecule has 4 heterocycles. The second-order valence-corrected chi connectivity index (χ2v) is 9.73. The van der Waals surface area contributed by atoms with Crippen LogP contribution in [0.15, 0.2) is 30.7 Å². The molecule has 5 rings (SSSR count). The summed E-state index contributed by atoms with van der Waals surface area (Å²) in [4.78, 5) is 8.53. The average Bonchev–Trinajstić information content (AvgIpc) is 3.57. The van der Waals surface area contributed by atoms with Gasteiger partial charge in [-0.05, 0) is 24.6 Å². The third-order valence-corrected chi connectivity index (χ3v) is 6.85. The maximum absolute atomic E-state index is 13.7. The molecule has 1 aromatic carbocycles. The van der Waals surface area contributed by atoms with E-state index in [1.165, 1.54) is 28.0 Å². The van der Waals surface area contributed by atoms with Crippen molar-refractivity contribution in [1.29, 1.82) is 0 Å². The number of aryl methyl sites for hydroxylation is 1. The fraction of sp³-hybridized carbons (Fsp3) is 0.333. The predicted octanol–water partition coefficient (Wildman–Crippen LogP) is 2.36. The molecule has 10 nitrogen and oxygen atoms in total. The molecule has 0 amide bonds. The molecule has 0 radical (unpaired) electrons. The Kier molecular flexibility index (Phi) is 6.57. The van der Waals surface area contributed by atoms with Crippen molar-refractivity contribution in [2.75, 3.05) is 6.61 Å². The minimum absolute atomic E-state index is 0.0000338. The van der Waals surface area contributed by atoms with Crippen LogP contribution >= 0.6 is 22.9 Å². The average molecular weight is 543 g/mol. The molecule has 190 valence electrons. The van der Waals surface area contributed by atoms with Crippen LogP contribution in [0.2, 0.25) is 4.34 Å². The van der Waals surface area contributed by atoms with Crippen LogP contribution in [0.1, 0.15) is 23.8 Å². The first-order valence-electron chi connectivity index (χ1n) is 10.5. The van der Waals surface area contributed by atoms with Crippen molar-refractivity contribution >= 4 is 22.9 Å². The van der Waals surface area contributed by atoms with Gasteiger partial charge >= 0.3 is 0 Å². The molecule has 15 heteroatoms. The summed E-state index contributed by atoms with van der Waals surface area (Å²) < 4.78 is 49.6. The zero-order valence-corrected chi connectivity index (χ0v) is 19.9. The Morgan fingerprint density at radius 3 is 2.47 bits per heavy atom. The fourth-order valence-electron chi connectivity index (χ4n) is 4.10. The Balaban J connectivity index is 1.53. The zero-order valence-electron chi connectivity index (χ0n) is 18.3. The number of ether oxygens (including phenoxy) is 1. The molecule has 3 aromatic heterocycles. The minimum Gasteiger partial charge on any atom is -0.394 e. The van der Waals surface area contributed by atoms with Gasteiger partial charge in [0.15, 0.2) is 23.3 Å². The molecule has 5 atom stereocenters. The van der Waals surface area contributed by atoms with Gasteiger partial charge in [-0.2, -0.15) is 9.78 Å². The molecule has 0 spiro atoms. The van der Waals surface area contributed by atoms with Crippen molar-refractivity contribution in [3.63, 3.8) is 0 Å². The van der Waals surface area contributed by atoms with Crippen LogP contribution in [0.3, 0.4) is 0 Å². The van der Waals surface area contributed by atoms with Crippen LogP contribution < -0.4 is 0 Å². The fourth-order valence-corrected chi connectivity index (χ4v) is 4.96. The van der Waals surface area contributed by atoms with Gasteiger partial charge in [-0.3, -0.25) is 4.68 Å². The first-order valence-corrected chi connectivity index (χ1v) is 11.7. The molecule has 0 aliphatic carbocycles. The van der Waals surface area contributed by atoms with Crippen molar-refractivity contribution < 1.29 is 33.2 Å². The van der Waals surface area contributed by atoms with Gasteiger partial charge in [-0.25, -0.2) is 23.1 Å². The van der Waals surface area contributed by atoms with Crippen LogP contribution in [-0.2, 0) is 4.74 Å². The topological polar surface area (TPSA) is 131 Å². The summed E-state index contributed by atoms with van der Waals surface area (Å²) in [6.07, 6.45) is -1.23. The summed E-state index contributed by atoms with van der Waals surface area (Å²) in [6.45, 7) is 1.03. The van der Waals surface area contributed by atoms with E-state index < -0.39 is 54.5 Å². The van der Waals surface area contributed by atoms with Gasteiger partial charge < -0.3 is 20.1 Å². The number of benzene rings is 1. The van der Waals surface area contributed by atoms with E-state index in [9.17, 15) is 28.5 Å². The van der Waals surface area contributed by atoms with Gasteiger partial charge in [0.05, 0.1) is 19.0 Å². The van der Waals surface area contributed by atoms with E-state index in [2.05, 4.69) is 20.2 Å². The summed E-state index contributed by atoms with van der Waals surface area (Å²) >= 11 is 7.12. The Morgan fingerprint density at radius 1 is 1.11 bits per heavy atom. The number of hydrogen-bond donors (Lipinski definition) is 3. The summed E-state index contributed by atoms with van der Waals surface area (Å²) in [7, 11) is 0. The number of halogens is 4. The van der Waals surface area contributed by atoms with Crippen LogP contribution in [0.4, 0.5) is 13.2 Å². The number of thiazole rings is 1. The van der Waals surface area contributed by atoms with Gasteiger partial charge in [0.1, 0.15) is 40.6 Å². The summed E-state index contributed by atoms with van der Waals surface area (Å²) in [5, 5.41) is 40.8. The number of rotatable bonds is 5. The first-order chi connectivity index (χ1) is 17.2. The normalized spacial score (nSPS) is 24.4. The first kappa shape index (κ1) is 24.8. The number of hydrogen-bond acceptors (Lipinski definition) is 9. The number of aliphatic hydroxyl groups excluding tert-OH is 3. The van der Waals surface area contributed by atoms with Crippen LogP contribution in [0.25, 0.3) is 16.3 Å². The Hall–Kier alpha value is -2.88. The van der Waals surface area contributed by atoms with E-state index in [0.717, 1.165) is 23.5 Å². The summed E-state index contributed by atoms with van der Waals surface area (Å²) in [6, 6.07) is 0.441. The molecule has 1 saturated heterocycles. The maximum Gasteiger partial charge on any atom is 0.213 e. The molecule has 3 N–H and O–H groups in total. The van der Waals surface area contributed by atoms with Gasteiger partial charge in [0.25, 0.3) is 0 Å². The Morgan fingerprint density at radius 2 is 1.83 bits per heavy atom. The molecule has 0 saturated carbocycles. The lowest BCUT2D eigenvalue weighted by Gasteiger charge is -2.41. The van der Waals surface area contributed by atoms with E-state index in [-0.39, 0.29) is 17.0 Å². The monoisotopic (exact) mass is 542 g/mol. The second kappa shape index (κ2) is 9.53. The lowest BCUT2D eigenvalue weighted by molar-refractivity contribution is -0.210. The van der Waals surface area contributed by atoms with Crippen LogP contribution in [-0.4, -0.2) is 69.8 Å². The number of nitrogens with zero attached hydrogens (tertiary/aromatic N) is 6. The molecule has 4 aromatic rings. The maximum atomic E-state index is 13.7. The minimum atomic E-state index is -1.60. The van der Waals surface area contributed by atoms with Crippen LogP contribution in [0.5, 0.6) is 0 Å². The van der Waals surface area contributed by atoms with E-state index in [1.807, 2.05) is 0 Å². The summed E-state index contributed by atoms with van der Waals surface area (Å²) in [5.74, 6) is -3.85. The van der Waals surface area contributed by atoms with Gasteiger partial charge in [0.2, 0.25) is 5.13 Å². The third kappa shape index (κ3) is 4.29. The SMILES string of the molecule is Cc1nc([C@@H]2OC(CO)[C@H](O)[C@H](n3cc(-c4cc(F)c(F)c(F)c4)cn3)C2O)n(-c2ncc(Cl)s2)n1. The third-order valence-electron chi connectivity index (χ3n) is 5.76. The smallest absolute Gasteiger partial charge is 0.213 e. The molecule has 2 unspecified atom stereocenters. The highest BCUT2D eigenvalue weighted by molar-refractivity contribution is 7.18. The summed E-state index contributed by atoms with van der Waals surface area (Å²) in [5.41, 5.74) is 0.201. The van der Waals surface area contributed by atoms with E-state index >= 15 is 0 Å². The van der Waals surface area contributed by atoms with Crippen molar-refractivity contribution in [2.45, 2.75) is 37.4 Å². The van der Waals surface area contributed by atoms with Crippen molar-refractivity contribution in [1.82, 2.24) is 29.5 Å². The predicted molar refractivity (Wildman–Crippen MR) is 120 cm³/mol. The molecule has 36 heavy (non-hydrogen) atoms. The van der Waals surface area contributed by atoms with Gasteiger partial charge in [-0.1, -0.05) is 22.9 Å². The lowest BCUT2D eigenvalue weighted by Crippen LogP contribution is -2.53. The van der Waals surface area contributed by atoms with Crippen molar-refractivity contribution in [2.24, 2.45) is 0 Å². The highest BCUT2D eigenvalue weighted by atomic mass is 35.5. The highest BCUT2D eigenvalue weighted by Gasteiger charge is 2.48. The van der Waals surface area contributed by atoms with Crippen LogP contribution in [0, 0.1) is 24.4 Å². The number of aromatic nitrogens is 6. The molecular weight excluding hydrogens is 525 g/mol. The molecule has 0 bridgehead atoms. The quantitative estimate of drug-likeness (QED) is 0.328. The molecule has 1 aliphatic rings. The number of aliphatic hydroxyl groups is 3. The van der Waals surface area contributed by atoms with Gasteiger partial charge in [-0.15, -0.1) is 5.10 Å². The Bertz CT molecular complexity index is 1390. The molecular formula is C21H18ClF3N6O4S. The zero-order chi connectivity index (χ0) is 25.7. The van der Waals surface area contributed by atoms with Gasteiger partial charge in [0, 0.05) is 11.8 Å². The molecule has 1 aliphatic heterocycles. The second-order valence-electron chi connectivity index (χ2n) is 8.09.